The smallest absolute Gasteiger partial charge is 0.367 e. The molecular formula is C72H79F6N15OS2. The molecular weight excluding hydrogens is 1270 g/mol. The van der Waals surface area contributed by atoms with Crippen LogP contribution in [0.4, 0.5) is 38.0 Å². The summed E-state index contributed by atoms with van der Waals surface area (Å²) in [5.74, 6) is 2.49. The molecule has 3 aliphatic heterocycles. The highest BCUT2D eigenvalue weighted by molar-refractivity contribution is 7.19. The number of anilines is 2. The van der Waals surface area contributed by atoms with Crippen molar-refractivity contribution in [3.63, 3.8) is 0 Å². The predicted molar refractivity (Wildman–Crippen MR) is 359 cm³/mol. The number of hydrogen-bond acceptors (Lipinski definition) is 15. The Labute approximate surface area is 561 Å². The first-order valence-electron chi connectivity index (χ1n) is 34.5. The molecule has 8 aliphatic carbocycles. The zero-order valence-corrected chi connectivity index (χ0v) is 56.0. The molecule has 0 radical (unpaired) electrons. The molecule has 8 aromatic rings. The van der Waals surface area contributed by atoms with Crippen LogP contribution in [0.1, 0.15) is 146 Å². The van der Waals surface area contributed by atoms with E-state index in [1.54, 1.807) is 12.1 Å². The number of aryl methyl sites for hydroxylation is 2. The normalized spacial score (nSPS) is 27.7. The molecule has 2 aromatic carbocycles. The van der Waals surface area contributed by atoms with Crippen molar-refractivity contribution in [1.29, 1.82) is 10.5 Å². The van der Waals surface area contributed by atoms with Crippen LogP contribution < -0.4 is 16.0 Å². The molecule has 24 heteroatoms. The van der Waals surface area contributed by atoms with Gasteiger partial charge in [-0.05, 0) is 186 Å². The van der Waals surface area contributed by atoms with E-state index in [2.05, 4.69) is 124 Å². The first-order valence-corrected chi connectivity index (χ1v) is 36.2. The standard InChI is InChI=1S/C72H79F6N15OS2/c1-41-44(30-89-17-11-46(12-18-89)83-62-56-23-51(26-71(73,74)75)95-65(56)82-40-81-62)5-9-58-53(41)21-49(28-79)91(58)38-67-33-69(34-67,35-67)93(48-7-8-48)60-25-55(60)63-85-64(57-24-52(27-72(76,77)78)96-66(57)86-63)84-47-13-19-90(20-14-47)31-45-6-10-59-54(42(45)2)22-50(29-80)92(59)39-68-36-70(37-68,43(68)3)87-61(94)32-88-15-4-16-88/h5-6,9-10,21-24,40,43,46-48,55,60H,4,7-8,11-20,25-27,30-39H2,1-3H3,(H,87,94)(H,81,82,83)(H,84,85,86)/t43-,55?,60?,67?,68?,69?,70?/m0/s1. The zero-order valence-electron chi connectivity index (χ0n) is 54.4. The SMILES string of the molecule is Cc1c(CN2CCC(Nc3ncnc4sc(CC(F)(F)F)cc34)CC2)ccc2c1cc(C#N)n2CC12CC(N(C3CC3)C3CC3c3nc(NC4CCN(Cc5ccc6c(cc(C#N)n6CC67CC(NC(=O)CN8CCC8)(C6)[C@H]7C)c5C)CC4)c4cc(CC(F)(F)F)sc4n3)(C1)C2. The molecule has 0 spiro atoms. The average Bonchev–Trinajstić information content (AvgIpc) is 1.21. The van der Waals surface area contributed by atoms with Crippen LogP contribution in [0.25, 0.3) is 42.2 Å². The van der Waals surface area contributed by atoms with E-state index in [4.69, 9.17) is 9.97 Å². The average molecular weight is 1350 g/mol. The number of benzene rings is 2. The highest BCUT2D eigenvalue weighted by Crippen LogP contribution is 2.74. The second-order valence-electron chi connectivity index (χ2n) is 30.6. The Kier molecular flexibility index (Phi) is 14.9. The number of nitrogens with zero attached hydrogens (tertiary/aromatic N) is 12. The fraction of sp³-hybridized carbons (Fsp3) is 0.569. The number of likely N-dealkylation sites (tertiary alicyclic amines) is 3. The summed E-state index contributed by atoms with van der Waals surface area (Å²) < 4.78 is 85.9. The van der Waals surface area contributed by atoms with Gasteiger partial charge in [0, 0.05) is 125 Å². The first kappa shape index (κ1) is 62.6. The number of rotatable bonds is 21. The molecule has 2 unspecified atom stereocenters. The number of fused-ring (bicyclic) bond motifs is 4. The van der Waals surface area contributed by atoms with Crippen molar-refractivity contribution >= 4 is 82.5 Å². The summed E-state index contributed by atoms with van der Waals surface area (Å²) in [6.07, 6.45) is 3.63. The number of halogens is 6. The highest BCUT2D eigenvalue weighted by Gasteiger charge is 2.75. The van der Waals surface area contributed by atoms with Crippen LogP contribution in [0.5, 0.6) is 0 Å². The molecule has 4 bridgehead atoms. The van der Waals surface area contributed by atoms with Crippen LogP contribution in [0.3, 0.4) is 0 Å². The van der Waals surface area contributed by atoms with E-state index in [0.29, 0.717) is 62.0 Å². The molecule has 11 aliphatic rings. The predicted octanol–water partition coefficient (Wildman–Crippen LogP) is 13.3. The Balaban J connectivity index is 0.528. The molecule has 6 aromatic heterocycles. The maximum absolute atomic E-state index is 14.0. The fourth-order valence-electron chi connectivity index (χ4n) is 18.9. The van der Waals surface area contributed by atoms with Crippen molar-refractivity contribution in [2.24, 2.45) is 16.7 Å². The number of nitriles is 2. The van der Waals surface area contributed by atoms with Gasteiger partial charge in [0.25, 0.3) is 0 Å². The summed E-state index contributed by atoms with van der Waals surface area (Å²) in [5.41, 5.74) is 8.44. The Bertz CT molecular complexity index is 4500. The van der Waals surface area contributed by atoms with E-state index in [9.17, 15) is 41.7 Å². The number of amides is 1. The van der Waals surface area contributed by atoms with Gasteiger partial charge < -0.3 is 25.1 Å². The van der Waals surface area contributed by atoms with Crippen molar-refractivity contribution in [3.8, 4) is 12.1 Å². The third kappa shape index (κ3) is 11.1. The number of aromatic nitrogens is 6. The van der Waals surface area contributed by atoms with Gasteiger partial charge in [0.1, 0.15) is 57.0 Å². The van der Waals surface area contributed by atoms with Gasteiger partial charge in [-0.2, -0.15) is 36.9 Å². The van der Waals surface area contributed by atoms with Crippen LogP contribution in [-0.2, 0) is 43.8 Å². The number of hydrogen-bond donors (Lipinski definition) is 3. The molecule has 96 heavy (non-hydrogen) atoms. The summed E-state index contributed by atoms with van der Waals surface area (Å²) in [6, 6.07) is 22.2. The molecule has 8 saturated carbocycles. The van der Waals surface area contributed by atoms with Crippen molar-refractivity contribution < 1.29 is 31.1 Å². The minimum Gasteiger partial charge on any atom is -0.367 e. The lowest BCUT2D eigenvalue weighted by molar-refractivity contribution is -0.232. The van der Waals surface area contributed by atoms with E-state index < -0.39 is 25.2 Å². The molecule has 3 N–H and O–H groups in total. The van der Waals surface area contributed by atoms with Gasteiger partial charge >= 0.3 is 12.4 Å². The molecule has 19 rings (SSSR count). The molecule has 9 heterocycles. The van der Waals surface area contributed by atoms with Crippen molar-refractivity contribution in [3.05, 3.63) is 104 Å². The minimum atomic E-state index is -4.35. The lowest BCUT2D eigenvalue weighted by atomic mass is 9.33. The molecule has 11 fully saturated rings. The largest absolute Gasteiger partial charge is 0.393 e. The quantitative estimate of drug-likeness (QED) is 0.0580. The Hall–Kier alpha value is -6.93. The zero-order chi connectivity index (χ0) is 66.0. The molecule has 1 amide bonds. The Morgan fingerprint density at radius 2 is 1.22 bits per heavy atom. The second-order valence-corrected chi connectivity index (χ2v) is 32.8. The summed E-state index contributed by atoms with van der Waals surface area (Å²) in [5, 5.41) is 35.2. The van der Waals surface area contributed by atoms with Gasteiger partial charge in [-0.1, -0.05) is 19.1 Å². The third-order valence-corrected chi connectivity index (χ3v) is 26.3. The summed E-state index contributed by atoms with van der Waals surface area (Å²) in [6.45, 7) is 15.5. The topological polar surface area (TPSA) is 175 Å². The number of alkyl halides is 6. The van der Waals surface area contributed by atoms with Gasteiger partial charge in [-0.3, -0.25) is 24.4 Å². The number of carbonyl (C=O) groups is 1. The van der Waals surface area contributed by atoms with Crippen molar-refractivity contribution in [2.45, 2.75) is 197 Å². The van der Waals surface area contributed by atoms with Gasteiger partial charge in [-0.25, -0.2) is 19.9 Å². The molecule has 3 saturated heterocycles. The second kappa shape index (κ2) is 22.8. The van der Waals surface area contributed by atoms with Crippen LogP contribution in [-0.4, -0.2) is 148 Å². The van der Waals surface area contributed by atoms with Gasteiger partial charge in [0.2, 0.25) is 5.91 Å². The van der Waals surface area contributed by atoms with E-state index in [0.717, 1.165) is 199 Å². The maximum Gasteiger partial charge on any atom is 0.393 e. The van der Waals surface area contributed by atoms with Crippen LogP contribution >= 0.6 is 22.7 Å². The van der Waals surface area contributed by atoms with Crippen LogP contribution in [0.15, 0.2) is 54.9 Å². The lowest BCUT2D eigenvalue weighted by Crippen LogP contribution is -2.82. The summed E-state index contributed by atoms with van der Waals surface area (Å²) in [7, 11) is 0. The van der Waals surface area contributed by atoms with E-state index >= 15 is 0 Å². The molecule has 16 nitrogen and oxygen atoms in total. The monoisotopic (exact) mass is 1350 g/mol. The first-order chi connectivity index (χ1) is 46.0. The van der Waals surface area contributed by atoms with Gasteiger partial charge in [0.05, 0.1) is 30.2 Å². The van der Waals surface area contributed by atoms with E-state index in [-0.39, 0.29) is 61.6 Å². The summed E-state index contributed by atoms with van der Waals surface area (Å²) >= 11 is 2.19. The number of thiophene rings is 2. The number of carbonyl (C=O) groups excluding carboxylic acids is 1. The van der Waals surface area contributed by atoms with Crippen LogP contribution in [0.2, 0.25) is 0 Å². The maximum atomic E-state index is 14.0. The fourth-order valence-corrected chi connectivity index (χ4v) is 21.0. The van der Waals surface area contributed by atoms with Crippen molar-refractivity contribution in [1.82, 2.24) is 54.0 Å². The lowest BCUT2D eigenvalue weighted by Gasteiger charge is -2.76. The summed E-state index contributed by atoms with van der Waals surface area (Å²) in [4.78, 5) is 43.5. The van der Waals surface area contributed by atoms with E-state index in [1.807, 2.05) is 0 Å². The Morgan fingerprint density at radius 1 is 0.667 bits per heavy atom. The number of nitrogens with one attached hydrogen (secondary N) is 3. The molecule has 3 atom stereocenters. The van der Waals surface area contributed by atoms with Gasteiger partial charge in [-0.15, -0.1) is 22.7 Å². The van der Waals surface area contributed by atoms with E-state index in [1.165, 1.54) is 28.6 Å². The highest BCUT2D eigenvalue weighted by atomic mass is 32.1. The van der Waals surface area contributed by atoms with Crippen molar-refractivity contribution in [2.75, 3.05) is 56.4 Å². The number of piperidine rings is 2. The third-order valence-electron chi connectivity index (χ3n) is 24.2. The minimum absolute atomic E-state index is 0.0666. The molecule has 502 valence electrons. The van der Waals surface area contributed by atoms with Crippen LogP contribution in [0, 0.1) is 53.3 Å². The van der Waals surface area contributed by atoms with Gasteiger partial charge in [0.15, 0.2) is 0 Å². The Morgan fingerprint density at radius 3 is 1.75 bits per heavy atom.